The summed E-state index contributed by atoms with van der Waals surface area (Å²) in [4.78, 5) is 12.3. The lowest BCUT2D eigenvalue weighted by atomic mass is 10.1. The largest absolute Gasteiger partial charge is 0.496 e. The SMILES string of the molecule is CCCCOc1ccc(CNC(=O)c2ccccc2OC)cc1OC. The fraction of sp³-hybridized carbons (Fsp3) is 0.350. The van der Waals surface area contributed by atoms with Crippen LogP contribution in [0.4, 0.5) is 0 Å². The van der Waals surface area contributed by atoms with Crippen molar-refractivity contribution in [2.75, 3.05) is 20.8 Å². The van der Waals surface area contributed by atoms with Crippen molar-refractivity contribution in [2.24, 2.45) is 0 Å². The molecule has 134 valence electrons. The first-order valence-electron chi connectivity index (χ1n) is 8.40. The monoisotopic (exact) mass is 343 g/mol. The number of amides is 1. The molecule has 5 nitrogen and oxygen atoms in total. The van der Waals surface area contributed by atoms with E-state index in [1.54, 1.807) is 26.4 Å². The average molecular weight is 343 g/mol. The minimum absolute atomic E-state index is 0.181. The first-order chi connectivity index (χ1) is 12.2. The molecule has 0 fully saturated rings. The van der Waals surface area contributed by atoms with Crippen LogP contribution < -0.4 is 19.5 Å². The Balaban J connectivity index is 2.01. The minimum Gasteiger partial charge on any atom is -0.496 e. The van der Waals surface area contributed by atoms with Gasteiger partial charge in [0.2, 0.25) is 0 Å². The maximum absolute atomic E-state index is 12.3. The molecule has 0 heterocycles. The van der Waals surface area contributed by atoms with Crippen LogP contribution in [0.15, 0.2) is 42.5 Å². The maximum Gasteiger partial charge on any atom is 0.255 e. The highest BCUT2D eigenvalue weighted by Gasteiger charge is 2.12. The highest BCUT2D eigenvalue weighted by atomic mass is 16.5. The Labute approximate surface area is 148 Å². The van der Waals surface area contributed by atoms with Gasteiger partial charge in [-0.15, -0.1) is 0 Å². The lowest BCUT2D eigenvalue weighted by Gasteiger charge is -2.13. The molecule has 0 unspecified atom stereocenters. The third-order valence-electron chi connectivity index (χ3n) is 3.79. The van der Waals surface area contributed by atoms with Gasteiger partial charge in [-0.05, 0) is 36.2 Å². The van der Waals surface area contributed by atoms with E-state index in [1.165, 1.54) is 0 Å². The van der Waals surface area contributed by atoms with Crippen LogP contribution in [-0.2, 0) is 6.54 Å². The zero-order valence-corrected chi connectivity index (χ0v) is 15.0. The van der Waals surface area contributed by atoms with E-state index in [0.717, 1.165) is 24.2 Å². The number of hydrogen-bond donors (Lipinski definition) is 1. The zero-order valence-electron chi connectivity index (χ0n) is 15.0. The number of rotatable bonds is 9. The number of nitrogens with one attached hydrogen (secondary N) is 1. The zero-order chi connectivity index (χ0) is 18.1. The van der Waals surface area contributed by atoms with Gasteiger partial charge >= 0.3 is 0 Å². The summed E-state index contributed by atoms with van der Waals surface area (Å²) in [6, 6.07) is 12.8. The molecule has 0 aliphatic rings. The van der Waals surface area contributed by atoms with E-state index < -0.39 is 0 Å². The Morgan fingerprint density at radius 2 is 1.76 bits per heavy atom. The van der Waals surface area contributed by atoms with Crippen molar-refractivity contribution >= 4 is 5.91 Å². The average Bonchev–Trinajstić information content (AvgIpc) is 2.66. The van der Waals surface area contributed by atoms with Crippen LogP contribution >= 0.6 is 0 Å². The summed E-state index contributed by atoms with van der Waals surface area (Å²) < 4.78 is 16.3. The van der Waals surface area contributed by atoms with Crippen molar-refractivity contribution in [1.82, 2.24) is 5.32 Å². The number of unbranched alkanes of at least 4 members (excludes halogenated alkanes) is 1. The molecule has 0 spiro atoms. The number of para-hydroxylation sites is 1. The summed E-state index contributed by atoms with van der Waals surface area (Å²) in [6.07, 6.45) is 2.08. The second-order valence-electron chi connectivity index (χ2n) is 5.57. The van der Waals surface area contributed by atoms with Gasteiger partial charge in [-0.3, -0.25) is 4.79 Å². The Kier molecular flexibility index (Phi) is 7.14. The molecule has 0 aliphatic heterocycles. The van der Waals surface area contributed by atoms with Crippen molar-refractivity contribution in [1.29, 1.82) is 0 Å². The number of carbonyl (C=O) groups is 1. The lowest BCUT2D eigenvalue weighted by molar-refractivity contribution is 0.0948. The third kappa shape index (κ3) is 5.14. The number of hydrogen-bond acceptors (Lipinski definition) is 4. The first kappa shape index (κ1) is 18.6. The molecule has 1 N–H and O–H groups in total. The van der Waals surface area contributed by atoms with E-state index in [4.69, 9.17) is 14.2 Å². The van der Waals surface area contributed by atoms with Crippen LogP contribution in [0.1, 0.15) is 35.7 Å². The molecular weight excluding hydrogens is 318 g/mol. The van der Waals surface area contributed by atoms with Crippen LogP contribution in [0.2, 0.25) is 0 Å². The van der Waals surface area contributed by atoms with Gasteiger partial charge in [-0.25, -0.2) is 0 Å². The molecule has 0 aromatic heterocycles. The molecule has 0 aliphatic carbocycles. The Bertz CT molecular complexity index is 700. The first-order valence-corrected chi connectivity index (χ1v) is 8.40. The van der Waals surface area contributed by atoms with Gasteiger partial charge in [-0.1, -0.05) is 31.5 Å². The third-order valence-corrected chi connectivity index (χ3v) is 3.79. The Morgan fingerprint density at radius 1 is 1.00 bits per heavy atom. The predicted octanol–water partition coefficient (Wildman–Crippen LogP) is 3.81. The van der Waals surface area contributed by atoms with E-state index in [9.17, 15) is 4.79 Å². The minimum atomic E-state index is -0.181. The summed E-state index contributed by atoms with van der Waals surface area (Å²) in [5, 5.41) is 2.90. The van der Waals surface area contributed by atoms with Gasteiger partial charge in [0.05, 0.1) is 26.4 Å². The van der Waals surface area contributed by atoms with E-state index in [-0.39, 0.29) is 5.91 Å². The molecule has 0 saturated heterocycles. The van der Waals surface area contributed by atoms with Crippen molar-refractivity contribution in [3.8, 4) is 17.2 Å². The van der Waals surface area contributed by atoms with Crippen molar-refractivity contribution < 1.29 is 19.0 Å². The lowest BCUT2D eigenvalue weighted by Crippen LogP contribution is -2.23. The smallest absolute Gasteiger partial charge is 0.255 e. The van der Waals surface area contributed by atoms with E-state index in [2.05, 4.69) is 12.2 Å². The quantitative estimate of drug-likeness (QED) is 0.704. The van der Waals surface area contributed by atoms with Gasteiger partial charge in [0, 0.05) is 6.54 Å². The molecule has 0 bridgehead atoms. The molecule has 1 amide bonds. The molecule has 2 aromatic carbocycles. The molecule has 25 heavy (non-hydrogen) atoms. The standard InChI is InChI=1S/C20H25NO4/c1-4-5-12-25-18-11-10-15(13-19(18)24-3)14-21-20(22)16-8-6-7-9-17(16)23-2/h6-11,13H,4-5,12,14H2,1-3H3,(H,21,22). The summed E-state index contributed by atoms with van der Waals surface area (Å²) in [5.41, 5.74) is 1.44. The Morgan fingerprint density at radius 3 is 2.48 bits per heavy atom. The molecule has 2 aromatic rings. The van der Waals surface area contributed by atoms with Crippen LogP contribution in [0.3, 0.4) is 0 Å². The molecule has 0 atom stereocenters. The van der Waals surface area contributed by atoms with Crippen LogP contribution in [0.5, 0.6) is 17.2 Å². The number of carbonyl (C=O) groups excluding carboxylic acids is 1. The summed E-state index contributed by atoms with van der Waals surface area (Å²) in [6.45, 7) is 3.17. The maximum atomic E-state index is 12.3. The molecular formula is C20H25NO4. The molecule has 5 heteroatoms. The van der Waals surface area contributed by atoms with Gasteiger partial charge in [0.1, 0.15) is 5.75 Å². The van der Waals surface area contributed by atoms with Crippen LogP contribution in [0.25, 0.3) is 0 Å². The normalized spacial score (nSPS) is 10.2. The highest BCUT2D eigenvalue weighted by molar-refractivity contribution is 5.96. The number of ether oxygens (including phenoxy) is 3. The summed E-state index contributed by atoms with van der Waals surface area (Å²) in [5.74, 6) is 1.76. The van der Waals surface area contributed by atoms with Gasteiger partial charge in [-0.2, -0.15) is 0 Å². The van der Waals surface area contributed by atoms with Gasteiger partial charge in [0.25, 0.3) is 5.91 Å². The number of methoxy groups -OCH3 is 2. The highest BCUT2D eigenvalue weighted by Crippen LogP contribution is 2.28. The number of benzene rings is 2. The summed E-state index contributed by atoms with van der Waals surface area (Å²) in [7, 11) is 3.16. The fourth-order valence-corrected chi connectivity index (χ4v) is 2.38. The van der Waals surface area contributed by atoms with Crippen molar-refractivity contribution in [3.63, 3.8) is 0 Å². The second kappa shape index (κ2) is 9.57. The topological polar surface area (TPSA) is 56.8 Å². The predicted molar refractivity (Wildman–Crippen MR) is 97.6 cm³/mol. The molecule has 0 radical (unpaired) electrons. The van der Waals surface area contributed by atoms with Crippen molar-refractivity contribution in [2.45, 2.75) is 26.3 Å². The van der Waals surface area contributed by atoms with E-state index in [1.807, 2.05) is 30.3 Å². The van der Waals surface area contributed by atoms with E-state index in [0.29, 0.717) is 30.2 Å². The van der Waals surface area contributed by atoms with Crippen molar-refractivity contribution in [3.05, 3.63) is 53.6 Å². The van der Waals surface area contributed by atoms with Crippen LogP contribution in [-0.4, -0.2) is 26.7 Å². The van der Waals surface area contributed by atoms with Gasteiger partial charge in [0.15, 0.2) is 11.5 Å². The molecule has 0 saturated carbocycles. The van der Waals surface area contributed by atoms with E-state index >= 15 is 0 Å². The summed E-state index contributed by atoms with van der Waals surface area (Å²) >= 11 is 0. The second-order valence-corrected chi connectivity index (χ2v) is 5.57. The van der Waals surface area contributed by atoms with Crippen LogP contribution in [0, 0.1) is 0 Å². The Hall–Kier alpha value is -2.69. The molecule has 2 rings (SSSR count). The fourth-order valence-electron chi connectivity index (χ4n) is 2.38. The van der Waals surface area contributed by atoms with Gasteiger partial charge < -0.3 is 19.5 Å².